The van der Waals surface area contributed by atoms with Crippen LogP contribution in [0.4, 0.5) is 15.8 Å². The predicted octanol–water partition coefficient (Wildman–Crippen LogP) is 2.67. The largest absolute Gasteiger partial charge is 0.487 e. The molecule has 5 nitrogen and oxygen atoms in total. The molecule has 2 aromatic carbocycles. The highest BCUT2D eigenvalue weighted by Gasteiger charge is 2.25. The molecular weight excluding hydrogens is 309 g/mol. The van der Waals surface area contributed by atoms with Crippen molar-refractivity contribution in [3.8, 4) is 5.75 Å². The number of amides is 1. The van der Waals surface area contributed by atoms with Gasteiger partial charge in [0.05, 0.1) is 0 Å². The number of nitrogens with two attached hydrogens (primary N) is 2. The molecule has 0 aromatic heterocycles. The topological polar surface area (TPSA) is 81.6 Å². The number of carbonyl (C=O) groups is 1. The molecule has 0 bridgehead atoms. The molecule has 0 radical (unpaired) electrons. The van der Waals surface area contributed by atoms with E-state index < -0.39 is 0 Å². The smallest absolute Gasteiger partial charge is 0.254 e. The highest BCUT2D eigenvalue weighted by atomic mass is 19.1. The summed E-state index contributed by atoms with van der Waals surface area (Å²) in [4.78, 5) is 14.3. The van der Waals surface area contributed by atoms with E-state index in [-0.39, 0.29) is 23.6 Å². The van der Waals surface area contributed by atoms with E-state index in [1.54, 1.807) is 41.3 Å². The number of para-hydroxylation sites is 1. The molecule has 1 aliphatic rings. The van der Waals surface area contributed by atoms with Crippen LogP contribution < -0.4 is 16.2 Å². The third kappa shape index (κ3) is 3.59. The van der Waals surface area contributed by atoms with Crippen molar-refractivity contribution in [2.24, 2.45) is 0 Å². The number of likely N-dealkylation sites (tertiary alicyclic amines) is 1. The van der Waals surface area contributed by atoms with Crippen molar-refractivity contribution in [2.75, 3.05) is 24.6 Å². The fourth-order valence-corrected chi connectivity index (χ4v) is 2.88. The van der Waals surface area contributed by atoms with E-state index in [0.29, 0.717) is 42.9 Å². The van der Waals surface area contributed by atoms with Crippen molar-refractivity contribution in [2.45, 2.75) is 18.9 Å². The summed E-state index contributed by atoms with van der Waals surface area (Å²) in [5.74, 6) is -0.213. The van der Waals surface area contributed by atoms with Crippen LogP contribution >= 0.6 is 0 Å². The summed E-state index contributed by atoms with van der Waals surface area (Å²) in [6, 6.07) is 11.2. The molecule has 6 heteroatoms. The third-order valence-corrected chi connectivity index (χ3v) is 4.08. The Balaban J connectivity index is 1.60. The van der Waals surface area contributed by atoms with Crippen LogP contribution in [0, 0.1) is 5.82 Å². The zero-order chi connectivity index (χ0) is 17.1. The number of nitrogen functional groups attached to an aromatic ring is 2. The van der Waals surface area contributed by atoms with Gasteiger partial charge in [-0.1, -0.05) is 12.1 Å². The zero-order valence-electron chi connectivity index (χ0n) is 13.2. The highest BCUT2D eigenvalue weighted by Crippen LogP contribution is 2.23. The lowest BCUT2D eigenvalue weighted by Gasteiger charge is -2.32. The van der Waals surface area contributed by atoms with Crippen LogP contribution in [0.25, 0.3) is 0 Å². The number of carbonyl (C=O) groups excluding carboxylic acids is 1. The molecule has 1 saturated heterocycles. The van der Waals surface area contributed by atoms with E-state index in [9.17, 15) is 9.18 Å². The van der Waals surface area contributed by atoms with Crippen molar-refractivity contribution in [1.29, 1.82) is 0 Å². The molecule has 0 aliphatic carbocycles. The Bertz CT molecular complexity index is 723. The van der Waals surface area contributed by atoms with Gasteiger partial charge in [0.2, 0.25) is 0 Å². The Morgan fingerprint density at radius 1 is 1.08 bits per heavy atom. The van der Waals surface area contributed by atoms with Crippen molar-refractivity contribution in [3.63, 3.8) is 0 Å². The first-order valence-electron chi connectivity index (χ1n) is 7.89. The van der Waals surface area contributed by atoms with Gasteiger partial charge in [-0.2, -0.15) is 0 Å². The van der Waals surface area contributed by atoms with Crippen LogP contribution in [-0.2, 0) is 0 Å². The van der Waals surface area contributed by atoms with E-state index in [1.807, 2.05) is 0 Å². The Kier molecular flexibility index (Phi) is 4.55. The summed E-state index contributed by atoms with van der Waals surface area (Å²) in [7, 11) is 0. The van der Waals surface area contributed by atoms with Gasteiger partial charge in [-0.25, -0.2) is 4.39 Å². The summed E-state index contributed by atoms with van der Waals surface area (Å²) in [6.45, 7) is 1.10. The molecule has 4 N–H and O–H groups in total. The Morgan fingerprint density at radius 2 is 1.71 bits per heavy atom. The second-order valence-corrected chi connectivity index (χ2v) is 5.93. The number of hydrogen-bond acceptors (Lipinski definition) is 4. The first-order chi connectivity index (χ1) is 11.5. The second-order valence-electron chi connectivity index (χ2n) is 5.93. The van der Waals surface area contributed by atoms with Crippen molar-refractivity contribution in [1.82, 2.24) is 4.90 Å². The van der Waals surface area contributed by atoms with Crippen LogP contribution in [0.5, 0.6) is 5.75 Å². The van der Waals surface area contributed by atoms with Gasteiger partial charge >= 0.3 is 0 Å². The van der Waals surface area contributed by atoms with Crippen LogP contribution in [0.1, 0.15) is 23.2 Å². The minimum Gasteiger partial charge on any atom is -0.487 e. The number of benzene rings is 2. The highest BCUT2D eigenvalue weighted by molar-refractivity contribution is 5.96. The lowest BCUT2D eigenvalue weighted by atomic mass is 10.1. The molecular formula is C18H20FN3O2. The van der Waals surface area contributed by atoms with E-state index in [4.69, 9.17) is 16.2 Å². The SMILES string of the molecule is Nc1cc(N)cc(C(=O)N2CCC(Oc3ccccc3F)CC2)c1. The van der Waals surface area contributed by atoms with Gasteiger partial charge in [-0.15, -0.1) is 0 Å². The molecule has 1 fully saturated rings. The first kappa shape index (κ1) is 16.1. The molecule has 0 atom stereocenters. The maximum atomic E-state index is 13.6. The third-order valence-electron chi connectivity index (χ3n) is 4.08. The summed E-state index contributed by atoms with van der Waals surface area (Å²) in [5, 5.41) is 0. The van der Waals surface area contributed by atoms with E-state index >= 15 is 0 Å². The van der Waals surface area contributed by atoms with Crippen molar-refractivity contribution < 1.29 is 13.9 Å². The molecule has 1 heterocycles. The monoisotopic (exact) mass is 329 g/mol. The Morgan fingerprint density at radius 3 is 2.33 bits per heavy atom. The van der Waals surface area contributed by atoms with Gasteiger partial charge in [0, 0.05) is 42.9 Å². The molecule has 0 saturated carbocycles. The summed E-state index contributed by atoms with van der Waals surface area (Å²) in [6.07, 6.45) is 1.20. The quantitative estimate of drug-likeness (QED) is 0.848. The first-order valence-corrected chi connectivity index (χ1v) is 7.89. The van der Waals surface area contributed by atoms with Gasteiger partial charge in [0.15, 0.2) is 11.6 Å². The second kappa shape index (κ2) is 6.78. The molecule has 3 rings (SSSR count). The maximum Gasteiger partial charge on any atom is 0.254 e. The molecule has 1 aliphatic heterocycles. The maximum absolute atomic E-state index is 13.6. The van der Waals surface area contributed by atoms with E-state index in [1.165, 1.54) is 6.07 Å². The van der Waals surface area contributed by atoms with E-state index in [2.05, 4.69) is 0 Å². The van der Waals surface area contributed by atoms with Gasteiger partial charge in [-0.05, 0) is 30.3 Å². The van der Waals surface area contributed by atoms with Crippen LogP contribution in [0.3, 0.4) is 0 Å². The van der Waals surface area contributed by atoms with Crippen molar-refractivity contribution >= 4 is 17.3 Å². The number of halogens is 1. The lowest BCUT2D eigenvalue weighted by Crippen LogP contribution is -2.41. The summed E-state index contributed by atoms with van der Waals surface area (Å²) < 4.78 is 19.3. The Hall–Kier alpha value is -2.76. The number of piperidine rings is 1. The number of ether oxygens (including phenoxy) is 1. The fraction of sp³-hybridized carbons (Fsp3) is 0.278. The number of anilines is 2. The van der Waals surface area contributed by atoms with Gasteiger partial charge in [-0.3, -0.25) is 4.79 Å². The molecule has 126 valence electrons. The lowest BCUT2D eigenvalue weighted by molar-refractivity contribution is 0.0588. The average molecular weight is 329 g/mol. The molecule has 24 heavy (non-hydrogen) atoms. The average Bonchev–Trinajstić information content (AvgIpc) is 2.56. The van der Waals surface area contributed by atoms with Crippen molar-refractivity contribution in [3.05, 3.63) is 53.8 Å². The molecule has 1 amide bonds. The van der Waals surface area contributed by atoms with Crippen LogP contribution in [-0.4, -0.2) is 30.0 Å². The number of hydrogen-bond donors (Lipinski definition) is 2. The van der Waals surface area contributed by atoms with E-state index in [0.717, 1.165) is 0 Å². The number of rotatable bonds is 3. The minimum absolute atomic E-state index is 0.0988. The molecule has 0 spiro atoms. The predicted molar refractivity (Wildman–Crippen MR) is 91.2 cm³/mol. The van der Waals surface area contributed by atoms with Crippen LogP contribution in [0.2, 0.25) is 0 Å². The number of nitrogens with zero attached hydrogens (tertiary/aromatic N) is 1. The normalized spacial score (nSPS) is 15.3. The molecule has 2 aromatic rings. The van der Waals surface area contributed by atoms with Gasteiger partial charge in [0.25, 0.3) is 5.91 Å². The van der Waals surface area contributed by atoms with Gasteiger partial charge in [0.1, 0.15) is 6.10 Å². The summed E-state index contributed by atoms with van der Waals surface area (Å²) >= 11 is 0. The zero-order valence-corrected chi connectivity index (χ0v) is 13.2. The minimum atomic E-state index is -0.369. The van der Waals surface area contributed by atoms with Gasteiger partial charge < -0.3 is 21.1 Å². The molecule has 0 unspecified atom stereocenters. The van der Waals surface area contributed by atoms with Crippen LogP contribution in [0.15, 0.2) is 42.5 Å². The Labute approximate surface area is 140 Å². The summed E-state index contributed by atoms with van der Waals surface area (Å²) in [5.41, 5.74) is 12.9. The standard InChI is InChI=1S/C18H20FN3O2/c19-16-3-1-2-4-17(16)24-15-5-7-22(8-6-15)18(23)12-9-13(20)11-14(21)10-12/h1-4,9-11,15H,5-8,20-21H2. The fourth-order valence-electron chi connectivity index (χ4n) is 2.88.